The molecule has 32 heavy (non-hydrogen) atoms. The van der Waals surface area contributed by atoms with Gasteiger partial charge in [0.2, 0.25) is 0 Å². The summed E-state index contributed by atoms with van der Waals surface area (Å²) in [4.78, 5) is 9.63. The number of hydrogen-bond acceptors (Lipinski definition) is 6. The molecule has 3 aromatic rings. The fourth-order valence-electron chi connectivity index (χ4n) is 5.21. The van der Waals surface area contributed by atoms with Gasteiger partial charge in [0, 0.05) is 50.9 Å². The van der Waals surface area contributed by atoms with Gasteiger partial charge in [-0.05, 0) is 42.7 Å². The first-order valence-electron chi connectivity index (χ1n) is 11.6. The standard InChI is InChI=1S/C25H29N5O2/c1-18-23(21-4-2-8-26-24(21)28-11-14-31-15-12-28)25-29(9-3-10-30(25)27-18)17-19-5-6-22-20(16-19)7-13-32-22/h2,4-6,8,16H,3,7,9-15,17H2,1H3. The summed E-state index contributed by atoms with van der Waals surface area (Å²) in [6.45, 7) is 9.01. The maximum absolute atomic E-state index is 5.70. The van der Waals surface area contributed by atoms with Crippen molar-refractivity contribution in [2.75, 3.05) is 49.3 Å². The molecule has 0 saturated carbocycles. The van der Waals surface area contributed by atoms with Crippen molar-refractivity contribution < 1.29 is 9.47 Å². The molecule has 3 aliphatic rings. The first kappa shape index (κ1) is 19.6. The summed E-state index contributed by atoms with van der Waals surface area (Å²) in [5.41, 5.74) is 6.10. The van der Waals surface area contributed by atoms with Crippen LogP contribution in [0.2, 0.25) is 0 Å². The summed E-state index contributed by atoms with van der Waals surface area (Å²) in [5.74, 6) is 3.29. The first-order valence-corrected chi connectivity index (χ1v) is 11.6. The molecule has 0 radical (unpaired) electrons. The van der Waals surface area contributed by atoms with Crippen LogP contribution >= 0.6 is 0 Å². The van der Waals surface area contributed by atoms with Crippen LogP contribution in [0.15, 0.2) is 36.5 Å². The number of nitrogens with zero attached hydrogens (tertiary/aromatic N) is 5. The summed E-state index contributed by atoms with van der Waals surface area (Å²) < 4.78 is 13.5. The Bertz CT molecular complexity index is 1140. The van der Waals surface area contributed by atoms with Crippen LogP contribution in [0.4, 0.5) is 11.6 Å². The lowest BCUT2D eigenvalue weighted by Gasteiger charge is -2.32. The van der Waals surface area contributed by atoms with Gasteiger partial charge in [-0.15, -0.1) is 0 Å². The molecule has 1 saturated heterocycles. The Morgan fingerprint density at radius 3 is 2.84 bits per heavy atom. The van der Waals surface area contributed by atoms with E-state index in [-0.39, 0.29) is 0 Å². The number of hydrogen-bond donors (Lipinski definition) is 0. The van der Waals surface area contributed by atoms with Crippen LogP contribution < -0.4 is 14.5 Å². The first-order chi connectivity index (χ1) is 15.8. The Morgan fingerprint density at radius 1 is 1.03 bits per heavy atom. The molecule has 0 bridgehead atoms. The van der Waals surface area contributed by atoms with E-state index in [9.17, 15) is 0 Å². The van der Waals surface area contributed by atoms with E-state index in [0.29, 0.717) is 0 Å². The van der Waals surface area contributed by atoms with Crippen LogP contribution in [-0.2, 0) is 24.2 Å². The monoisotopic (exact) mass is 431 g/mol. The molecule has 166 valence electrons. The molecule has 0 amide bonds. The summed E-state index contributed by atoms with van der Waals surface area (Å²) >= 11 is 0. The Morgan fingerprint density at radius 2 is 1.94 bits per heavy atom. The SMILES string of the molecule is Cc1nn2c(c1-c1cccnc1N1CCOCC1)N(Cc1ccc3c(c1)CCO3)CCC2. The minimum absolute atomic E-state index is 0.745. The molecule has 1 fully saturated rings. The largest absolute Gasteiger partial charge is 0.493 e. The molecule has 7 heteroatoms. The van der Waals surface area contributed by atoms with Crippen LogP contribution in [0.3, 0.4) is 0 Å². The molecular weight excluding hydrogens is 402 g/mol. The molecule has 1 aromatic carbocycles. The van der Waals surface area contributed by atoms with E-state index in [1.54, 1.807) is 0 Å². The predicted octanol–water partition coefficient (Wildman–Crippen LogP) is 3.44. The zero-order valence-electron chi connectivity index (χ0n) is 18.6. The lowest BCUT2D eigenvalue weighted by atomic mass is 10.0. The molecule has 0 unspecified atom stereocenters. The van der Waals surface area contributed by atoms with E-state index < -0.39 is 0 Å². The highest BCUT2D eigenvalue weighted by Crippen LogP contribution is 2.41. The molecule has 0 spiro atoms. The molecule has 2 aromatic heterocycles. The van der Waals surface area contributed by atoms with E-state index in [1.807, 2.05) is 12.3 Å². The van der Waals surface area contributed by atoms with Gasteiger partial charge in [0.05, 0.1) is 31.1 Å². The van der Waals surface area contributed by atoms with Crippen molar-refractivity contribution in [2.24, 2.45) is 0 Å². The number of rotatable bonds is 4. The number of morpholine rings is 1. The van der Waals surface area contributed by atoms with Gasteiger partial charge in [0.25, 0.3) is 0 Å². The van der Waals surface area contributed by atoms with Crippen LogP contribution in [-0.4, -0.2) is 54.2 Å². The van der Waals surface area contributed by atoms with Crippen molar-refractivity contribution in [1.29, 1.82) is 0 Å². The molecule has 3 aliphatic heterocycles. The molecule has 5 heterocycles. The predicted molar refractivity (Wildman–Crippen MR) is 125 cm³/mol. The number of pyridine rings is 1. The average Bonchev–Trinajstić information content (AvgIpc) is 3.43. The van der Waals surface area contributed by atoms with Crippen LogP contribution in [0, 0.1) is 6.92 Å². The number of ether oxygens (including phenoxy) is 2. The third kappa shape index (κ3) is 3.41. The topological polar surface area (TPSA) is 55.7 Å². The number of aromatic nitrogens is 3. The van der Waals surface area contributed by atoms with E-state index in [4.69, 9.17) is 19.6 Å². The second-order valence-electron chi connectivity index (χ2n) is 8.80. The van der Waals surface area contributed by atoms with Crippen LogP contribution in [0.25, 0.3) is 11.1 Å². The highest BCUT2D eigenvalue weighted by Gasteiger charge is 2.28. The van der Waals surface area contributed by atoms with Gasteiger partial charge >= 0.3 is 0 Å². The zero-order valence-corrected chi connectivity index (χ0v) is 18.6. The number of anilines is 2. The van der Waals surface area contributed by atoms with Crippen molar-refractivity contribution >= 4 is 11.6 Å². The fourth-order valence-corrected chi connectivity index (χ4v) is 5.21. The number of aryl methyl sites for hydroxylation is 2. The molecule has 0 aliphatic carbocycles. The minimum Gasteiger partial charge on any atom is -0.493 e. The van der Waals surface area contributed by atoms with Gasteiger partial charge in [0.15, 0.2) is 0 Å². The lowest BCUT2D eigenvalue weighted by Crippen LogP contribution is -2.37. The Kier molecular flexibility index (Phi) is 4.98. The highest BCUT2D eigenvalue weighted by atomic mass is 16.5. The second kappa shape index (κ2) is 8.13. The number of fused-ring (bicyclic) bond motifs is 2. The van der Waals surface area contributed by atoms with E-state index in [1.165, 1.54) is 28.1 Å². The fraction of sp³-hybridized carbons (Fsp3) is 0.440. The summed E-state index contributed by atoms with van der Waals surface area (Å²) in [6.07, 6.45) is 4.00. The molecule has 0 N–H and O–H groups in total. The number of benzene rings is 1. The highest BCUT2D eigenvalue weighted by molar-refractivity contribution is 5.86. The smallest absolute Gasteiger partial charge is 0.136 e. The quantitative estimate of drug-likeness (QED) is 0.631. The maximum atomic E-state index is 5.70. The average molecular weight is 432 g/mol. The Labute approximate surface area is 188 Å². The summed E-state index contributed by atoms with van der Waals surface area (Å²) in [6, 6.07) is 10.9. The van der Waals surface area contributed by atoms with Gasteiger partial charge in [-0.25, -0.2) is 9.67 Å². The van der Waals surface area contributed by atoms with E-state index in [2.05, 4.69) is 45.7 Å². The minimum atomic E-state index is 0.745. The van der Waals surface area contributed by atoms with Gasteiger partial charge in [0.1, 0.15) is 17.4 Å². The molecule has 6 rings (SSSR count). The van der Waals surface area contributed by atoms with E-state index >= 15 is 0 Å². The van der Waals surface area contributed by atoms with Gasteiger partial charge in [-0.2, -0.15) is 5.10 Å². The van der Waals surface area contributed by atoms with E-state index in [0.717, 1.165) is 82.6 Å². The maximum Gasteiger partial charge on any atom is 0.136 e. The van der Waals surface area contributed by atoms with Gasteiger partial charge in [-0.1, -0.05) is 12.1 Å². The molecule has 7 nitrogen and oxygen atoms in total. The van der Waals surface area contributed by atoms with Crippen molar-refractivity contribution in [3.8, 4) is 16.9 Å². The summed E-state index contributed by atoms with van der Waals surface area (Å²) in [5, 5.41) is 4.95. The molecule has 0 atom stereocenters. The van der Waals surface area contributed by atoms with Crippen molar-refractivity contribution in [1.82, 2.24) is 14.8 Å². The van der Waals surface area contributed by atoms with Crippen LogP contribution in [0.5, 0.6) is 5.75 Å². The van der Waals surface area contributed by atoms with Gasteiger partial charge in [-0.3, -0.25) is 0 Å². The molecular formula is C25H29N5O2. The normalized spacial score (nSPS) is 17.8. The Balaban J connectivity index is 1.39. The third-order valence-electron chi connectivity index (χ3n) is 6.69. The van der Waals surface area contributed by atoms with Crippen molar-refractivity contribution in [3.63, 3.8) is 0 Å². The van der Waals surface area contributed by atoms with Gasteiger partial charge < -0.3 is 19.3 Å². The zero-order chi connectivity index (χ0) is 21.5. The van der Waals surface area contributed by atoms with Crippen molar-refractivity contribution in [3.05, 3.63) is 53.3 Å². The van der Waals surface area contributed by atoms with Crippen LogP contribution in [0.1, 0.15) is 23.2 Å². The third-order valence-corrected chi connectivity index (χ3v) is 6.69. The summed E-state index contributed by atoms with van der Waals surface area (Å²) in [7, 11) is 0. The Hall–Kier alpha value is -3.06. The second-order valence-corrected chi connectivity index (χ2v) is 8.80. The lowest BCUT2D eigenvalue weighted by molar-refractivity contribution is 0.122. The van der Waals surface area contributed by atoms with Crippen molar-refractivity contribution in [2.45, 2.75) is 32.9 Å².